The number of fused-ring (bicyclic) bond motifs is 2. The number of anilines is 1. The average Bonchev–Trinajstić information content (AvgIpc) is 2.62. The van der Waals surface area contributed by atoms with Crippen molar-refractivity contribution in [1.82, 2.24) is 5.32 Å². The highest BCUT2D eigenvalue weighted by atomic mass is 15.2. The SMILES string of the molecule is CCNC1CC2CCC(C1)N2c1ccccc1C. The van der Waals surface area contributed by atoms with Crippen molar-refractivity contribution in [1.29, 1.82) is 0 Å². The second kappa shape index (κ2) is 4.93. The van der Waals surface area contributed by atoms with E-state index in [1.54, 1.807) is 0 Å². The van der Waals surface area contributed by atoms with Crippen molar-refractivity contribution in [2.45, 2.75) is 57.7 Å². The molecule has 2 unspecified atom stereocenters. The number of rotatable bonds is 3. The summed E-state index contributed by atoms with van der Waals surface area (Å²) in [6, 6.07) is 11.1. The summed E-state index contributed by atoms with van der Waals surface area (Å²) < 4.78 is 0. The molecule has 2 bridgehead atoms. The van der Waals surface area contributed by atoms with Gasteiger partial charge in [-0.25, -0.2) is 0 Å². The highest BCUT2D eigenvalue weighted by Crippen LogP contribution is 2.40. The minimum atomic E-state index is 0.743. The van der Waals surface area contributed by atoms with Crippen molar-refractivity contribution in [3.63, 3.8) is 0 Å². The van der Waals surface area contributed by atoms with Gasteiger partial charge >= 0.3 is 0 Å². The number of piperidine rings is 1. The van der Waals surface area contributed by atoms with Gasteiger partial charge in [0.15, 0.2) is 0 Å². The molecule has 0 aliphatic carbocycles. The lowest BCUT2D eigenvalue weighted by Gasteiger charge is -2.41. The number of nitrogens with zero attached hydrogens (tertiary/aromatic N) is 1. The van der Waals surface area contributed by atoms with Crippen LogP contribution in [-0.2, 0) is 0 Å². The van der Waals surface area contributed by atoms with Gasteiger partial charge in [-0.05, 0) is 50.8 Å². The van der Waals surface area contributed by atoms with E-state index < -0.39 is 0 Å². The van der Waals surface area contributed by atoms with E-state index in [0.717, 1.165) is 24.7 Å². The Balaban J connectivity index is 1.82. The summed E-state index contributed by atoms with van der Waals surface area (Å²) in [5, 5.41) is 3.65. The van der Waals surface area contributed by atoms with Crippen LogP contribution >= 0.6 is 0 Å². The number of hydrogen-bond acceptors (Lipinski definition) is 2. The summed E-state index contributed by atoms with van der Waals surface area (Å²) in [6.45, 7) is 5.56. The molecule has 18 heavy (non-hydrogen) atoms. The standard InChI is InChI=1S/C16H24N2/c1-3-17-13-10-14-8-9-15(11-13)18(14)16-7-5-4-6-12(16)2/h4-7,13-15,17H,3,8-11H2,1-2H3. The molecule has 1 aromatic carbocycles. The molecule has 2 saturated heterocycles. The molecule has 1 N–H and O–H groups in total. The van der Waals surface area contributed by atoms with E-state index in [4.69, 9.17) is 0 Å². The van der Waals surface area contributed by atoms with Gasteiger partial charge in [-0.2, -0.15) is 0 Å². The Morgan fingerprint density at radius 2 is 1.83 bits per heavy atom. The maximum Gasteiger partial charge on any atom is 0.0400 e. The predicted molar refractivity (Wildman–Crippen MR) is 77.2 cm³/mol. The predicted octanol–water partition coefficient (Wildman–Crippen LogP) is 3.10. The molecule has 2 aliphatic rings. The van der Waals surface area contributed by atoms with E-state index in [1.165, 1.54) is 36.9 Å². The lowest BCUT2D eigenvalue weighted by molar-refractivity contribution is 0.361. The second-order valence-corrected chi connectivity index (χ2v) is 5.80. The summed E-state index contributed by atoms with van der Waals surface area (Å²) in [5.41, 5.74) is 2.90. The first-order valence-electron chi connectivity index (χ1n) is 7.37. The summed E-state index contributed by atoms with van der Waals surface area (Å²) in [6.07, 6.45) is 5.39. The van der Waals surface area contributed by atoms with Crippen molar-refractivity contribution in [2.75, 3.05) is 11.4 Å². The fraction of sp³-hybridized carbons (Fsp3) is 0.625. The van der Waals surface area contributed by atoms with E-state index in [-0.39, 0.29) is 0 Å². The van der Waals surface area contributed by atoms with Gasteiger partial charge in [0, 0.05) is 23.8 Å². The molecule has 2 heteroatoms. The van der Waals surface area contributed by atoms with Crippen LogP contribution in [-0.4, -0.2) is 24.7 Å². The zero-order valence-corrected chi connectivity index (χ0v) is 11.5. The number of aryl methyl sites for hydroxylation is 1. The maximum absolute atomic E-state index is 3.65. The third-order valence-electron chi connectivity index (χ3n) is 4.62. The van der Waals surface area contributed by atoms with Crippen LogP contribution in [0, 0.1) is 6.92 Å². The van der Waals surface area contributed by atoms with Crippen molar-refractivity contribution >= 4 is 5.69 Å². The molecule has 3 rings (SSSR count). The van der Waals surface area contributed by atoms with Crippen LogP contribution in [0.5, 0.6) is 0 Å². The molecule has 2 nitrogen and oxygen atoms in total. The van der Waals surface area contributed by atoms with Crippen LogP contribution in [0.1, 0.15) is 38.2 Å². The lowest BCUT2D eigenvalue weighted by atomic mass is 9.95. The molecule has 98 valence electrons. The smallest absolute Gasteiger partial charge is 0.0400 e. The van der Waals surface area contributed by atoms with Crippen LogP contribution in [0.2, 0.25) is 0 Å². The molecule has 2 fully saturated rings. The van der Waals surface area contributed by atoms with Crippen LogP contribution in [0.3, 0.4) is 0 Å². The molecule has 1 aromatic rings. The van der Waals surface area contributed by atoms with Crippen molar-refractivity contribution < 1.29 is 0 Å². The molecule has 2 heterocycles. The van der Waals surface area contributed by atoms with Crippen molar-refractivity contribution in [3.05, 3.63) is 29.8 Å². The summed E-state index contributed by atoms with van der Waals surface area (Å²) in [5.74, 6) is 0. The van der Waals surface area contributed by atoms with Gasteiger partial charge in [-0.15, -0.1) is 0 Å². The molecule has 0 spiro atoms. The third-order valence-corrected chi connectivity index (χ3v) is 4.62. The topological polar surface area (TPSA) is 15.3 Å². The molecule has 2 aliphatic heterocycles. The van der Waals surface area contributed by atoms with Gasteiger partial charge in [0.05, 0.1) is 0 Å². The van der Waals surface area contributed by atoms with Crippen LogP contribution in [0.25, 0.3) is 0 Å². The molecular weight excluding hydrogens is 220 g/mol. The van der Waals surface area contributed by atoms with Crippen molar-refractivity contribution in [2.24, 2.45) is 0 Å². The molecule has 0 saturated carbocycles. The molecule has 0 radical (unpaired) electrons. The minimum absolute atomic E-state index is 0.743. The first kappa shape index (κ1) is 12.0. The van der Waals surface area contributed by atoms with E-state index in [0.29, 0.717) is 0 Å². The minimum Gasteiger partial charge on any atom is -0.365 e. The summed E-state index contributed by atoms with van der Waals surface area (Å²) in [7, 11) is 0. The first-order chi connectivity index (χ1) is 8.79. The fourth-order valence-electron chi connectivity index (χ4n) is 3.88. The number of para-hydroxylation sites is 1. The Hall–Kier alpha value is -1.02. The van der Waals surface area contributed by atoms with Crippen molar-refractivity contribution in [3.8, 4) is 0 Å². The molecular formula is C16H24N2. The van der Waals surface area contributed by atoms with Crippen LogP contribution in [0.15, 0.2) is 24.3 Å². The van der Waals surface area contributed by atoms with E-state index in [2.05, 4.69) is 48.3 Å². The van der Waals surface area contributed by atoms with E-state index in [9.17, 15) is 0 Å². The van der Waals surface area contributed by atoms with Gasteiger partial charge in [-0.1, -0.05) is 25.1 Å². The Morgan fingerprint density at radius 3 is 2.44 bits per heavy atom. The molecule has 0 amide bonds. The largest absolute Gasteiger partial charge is 0.365 e. The Bertz CT molecular complexity index is 401. The summed E-state index contributed by atoms with van der Waals surface area (Å²) >= 11 is 0. The normalized spacial score (nSPS) is 30.8. The number of nitrogens with one attached hydrogen (secondary N) is 1. The molecule has 2 atom stereocenters. The van der Waals surface area contributed by atoms with Gasteiger partial charge < -0.3 is 10.2 Å². The Labute approximate surface area is 110 Å². The summed E-state index contributed by atoms with van der Waals surface area (Å²) in [4.78, 5) is 2.71. The zero-order chi connectivity index (χ0) is 12.5. The molecule has 0 aromatic heterocycles. The fourth-order valence-corrected chi connectivity index (χ4v) is 3.88. The van der Waals surface area contributed by atoms with Crippen LogP contribution < -0.4 is 10.2 Å². The monoisotopic (exact) mass is 244 g/mol. The maximum atomic E-state index is 3.65. The van der Waals surface area contributed by atoms with Gasteiger partial charge in [0.1, 0.15) is 0 Å². The highest BCUT2D eigenvalue weighted by molar-refractivity contribution is 5.56. The average molecular weight is 244 g/mol. The highest BCUT2D eigenvalue weighted by Gasteiger charge is 2.40. The van der Waals surface area contributed by atoms with Gasteiger partial charge in [-0.3, -0.25) is 0 Å². The van der Waals surface area contributed by atoms with Gasteiger partial charge in [0.25, 0.3) is 0 Å². The zero-order valence-electron chi connectivity index (χ0n) is 11.5. The van der Waals surface area contributed by atoms with E-state index >= 15 is 0 Å². The van der Waals surface area contributed by atoms with Gasteiger partial charge in [0.2, 0.25) is 0 Å². The number of benzene rings is 1. The third kappa shape index (κ3) is 2.03. The first-order valence-corrected chi connectivity index (χ1v) is 7.37. The quantitative estimate of drug-likeness (QED) is 0.879. The van der Waals surface area contributed by atoms with Crippen LogP contribution in [0.4, 0.5) is 5.69 Å². The van der Waals surface area contributed by atoms with E-state index in [1.807, 2.05) is 0 Å². The lowest BCUT2D eigenvalue weighted by Crippen LogP contribution is -2.49. The Morgan fingerprint density at radius 1 is 1.17 bits per heavy atom. The Kier molecular flexibility index (Phi) is 3.29. The number of hydrogen-bond donors (Lipinski definition) is 1. The second-order valence-electron chi connectivity index (χ2n) is 5.80.